The summed E-state index contributed by atoms with van der Waals surface area (Å²) in [6, 6.07) is 13.7. The second-order valence-electron chi connectivity index (χ2n) is 6.44. The number of fused-ring (bicyclic) bond motifs is 1. The lowest BCUT2D eigenvalue weighted by Crippen LogP contribution is -2.44. The smallest absolute Gasteiger partial charge is 0.226 e. The van der Waals surface area contributed by atoms with Gasteiger partial charge in [0.1, 0.15) is 0 Å². The molecule has 27 heavy (non-hydrogen) atoms. The fourth-order valence-corrected chi connectivity index (χ4v) is 4.57. The van der Waals surface area contributed by atoms with Crippen LogP contribution in [0.5, 0.6) is 0 Å². The van der Waals surface area contributed by atoms with E-state index in [9.17, 15) is 8.42 Å². The molecular formula is C19H19ClN4O2S. The summed E-state index contributed by atoms with van der Waals surface area (Å²) in [7, 11) is -3.55. The Bertz CT molecular complexity index is 1060. The molecule has 0 amide bonds. The quantitative estimate of drug-likeness (QED) is 0.723. The summed E-state index contributed by atoms with van der Waals surface area (Å²) in [5.41, 5.74) is 1.27. The normalized spacial score (nSPS) is 15.2. The van der Waals surface area contributed by atoms with Crippen LogP contribution in [0.15, 0.2) is 53.4 Å². The van der Waals surface area contributed by atoms with Gasteiger partial charge in [-0.15, -0.1) is 0 Å². The SMILES string of the molecule is O=S(=O)(Cc1nc(N2CCNCC2)nc2ccccc12)c1ccc(Cl)cc1. The van der Waals surface area contributed by atoms with E-state index in [2.05, 4.69) is 20.2 Å². The Morgan fingerprint density at radius 2 is 1.70 bits per heavy atom. The third-order valence-corrected chi connectivity index (χ3v) is 6.47. The van der Waals surface area contributed by atoms with Crippen LogP contribution in [-0.4, -0.2) is 44.6 Å². The van der Waals surface area contributed by atoms with Gasteiger partial charge in [-0.3, -0.25) is 0 Å². The number of sulfone groups is 1. The predicted octanol–water partition coefficient (Wildman–Crippen LogP) is 2.67. The van der Waals surface area contributed by atoms with Gasteiger partial charge in [0.05, 0.1) is 21.9 Å². The number of nitrogens with zero attached hydrogens (tertiary/aromatic N) is 3. The molecule has 140 valence electrons. The van der Waals surface area contributed by atoms with Crippen molar-refractivity contribution in [2.24, 2.45) is 0 Å². The van der Waals surface area contributed by atoms with Crippen LogP contribution in [0.1, 0.15) is 5.69 Å². The number of hydrogen-bond donors (Lipinski definition) is 1. The van der Waals surface area contributed by atoms with E-state index in [1.807, 2.05) is 24.3 Å². The molecule has 1 fully saturated rings. The van der Waals surface area contributed by atoms with Crippen LogP contribution in [0.3, 0.4) is 0 Å². The van der Waals surface area contributed by atoms with Gasteiger partial charge in [0.2, 0.25) is 5.95 Å². The number of nitrogens with one attached hydrogen (secondary N) is 1. The van der Waals surface area contributed by atoms with E-state index in [1.54, 1.807) is 12.1 Å². The molecule has 0 aliphatic carbocycles. The van der Waals surface area contributed by atoms with E-state index < -0.39 is 9.84 Å². The molecule has 0 bridgehead atoms. The minimum Gasteiger partial charge on any atom is -0.338 e. The molecule has 1 saturated heterocycles. The van der Waals surface area contributed by atoms with Gasteiger partial charge in [-0.05, 0) is 30.3 Å². The number of hydrogen-bond acceptors (Lipinski definition) is 6. The van der Waals surface area contributed by atoms with Gasteiger partial charge in [0.15, 0.2) is 9.84 Å². The number of rotatable bonds is 4. The van der Waals surface area contributed by atoms with Crippen molar-refractivity contribution in [2.75, 3.05) is 31.1 Å². The van der Waals surface area contributed by atoms with Crippen molar-refractivity contribution < 1.29 is 8.42 Å². The van der Waals surface area contributed by atoms with Gasteiger partial charge in [0.25, 0.3) is 0 Å². The van der Waals surface area contributed by atoms with Gasteiger partial charge in [-0.25, -0.2) is 18.4 Å². The molecular weight excluding hydrogens is 384 g/mol. The van der Waals surface area contributed by atoms with Crippen molar-refractivity contribution in [3.05, 3.63) is 59.2 Å². The van der Waals surface area contributed by atoms with E-state index in [1.165, 1.54) is 12.1 Å². The van der Waals surface area contributed by atoms with E-state index >= 15 is 0 Å². The third-order valence-electron chi connectivity index (χ3n) is 4.57. The lowest BCUT2D eigenvalue weighted by molar-refractivity contribution is 0.579. The molecule has 1 aliphatic heterocycles. The van der Waals surface area contributed by atoms with E-state index in [0.717, 1.165) is 37.1 Å². The van der Waals surface area contributed by atoms with Crippen LogP contribution >= 0.6 is 11.6 Å². The first-order valence-electron chi connectivity index (χ1n) is 8.72. The van der Waals surface area contributed by atoms with Gasteiger partial charge in [0, 0.05) is 36.6 Å². The standard InChI is InChI=1S/C19H19ClN4O2S/c20-14-5-7-15(8-6-14)27(25,26)13-18-16-3-1-2-4-17(16)22-19(23-18)24-11-9-21-10-12-24/h1-8,21H,9-13H2. The molecule has 0 atom stereocenters. The molecule has 2 aromatic carbocycles. The summed E-state index contributed by atoms with van der Waals surface area (Å²) in [6.45, 7) is 3.30. The van der Waals surface area contributed by atoms with Gasteiger partial charge < -0.3 is 10.2 Å². The van der Waals surface area contributed by atoms with Crippen molar-refractivity contribution in [2.45, 2.75) is 10.6 Å². The van der Waals surface area contributed by atoms with E-state index in [0.29, 0.717) is 16.7 Å². The van der Waals surface area contributed by atoms with E-state index in [4.69, 9.17) is 11.6 Å². The number of benzene rings is 2. The number of para-hydroxylation sites is 1. The highest BCUT2D eigenvalue weighted by atomic mass is 35.5. The highest BCUT2D eigenvalue weighted by Crippen LogP contribution is 2.24. The van der Waals surface area contributed by atoms with Crippen LogP contribution < -0.4 is 10.2 Å². The molecule has 3 aromatic rings. The average molecular weight is 403 g/mol. The molecule has 6 nitrogen and oxygen atoms in total. The molecule has 1 aliphatic rings. The highest BCUT2D eigenvalue weighted by molar-refractivity contribution is 7.90. The zero-order valence-corrected chi connectivity index (χ0v) is 16.2. The minimum absolute atomic E-state index is 0.184. The van der Waals surface area contributed by atoms with Gasteiger partial charge in [-0.2, -0.15) is 0 Å². The fraction of sp³-hybridized carbons (Fsp3) is 0.263. The molecule has 1 aromatic heterocycles. The Morgan fingerprint density at radius 1 is 1.00 bits per heavy atom. The summed E-state index contributed by atoms with van der Waals surface area (Å²) in [6.07, 6.45) is 0. The topological polar surface area (TPSA) is 75.2 Å². The Hall–Kier alpha value is -2.22. The maximum atomic E-state index is 12.9. The Labute approximate surface area is 163 Å². The summed E-state index contributed by atoms with van der Waals surface area (Å²) in [4.78, 5) is 11.6. The number of halogens is 1. The van der Waals surface area contributed by atoms with Crippen molar-refractivity contribution in [1.82, 2.24) is 15.3 Å². The van der Waals surface area contributed by atoms with Crippen LogP contribution in [0, 0.1) is 0 Å². The highest BCUT2D eigenvalue weighted by Gasteiger charge is 2.21. The second-order valence-corrected chi connectivity index (χ2v) is 8.86. The summed E-state index contributed by atoms with van der Waals surface area (Å²) in [5.74, 6) is 0.396. The molecule has 8 heteroatoms. The first-order valence-corrected chi connectivity index (χ1v) is 10.8. The molecule has 2 heterocycles. The second kappa shape index (κ2) is 7.42. The van der Waals surface area contributed by atoms with Crippen molar-refractivity contribution in [1.29, 1.82) is 0 Å². The number of aromatic nitrogens is 2. The monoisotopic (exact) mass is 402 g/mol. The summed E-state index contributed by atoms with van der Waals surface area (Å²) < 4.78 is 25.8. The molecule has 0 saturated carbocycles. The Kier molecular flexibility index (Phi) is 4.99. The lowest BCUT2D eigenvalue weighted by atomic mass is 10.2. The third kappa shape index (κ3) is 3.90. The average Bonchev–Trinajstić information content (AvgIpc) is 2.69. The fourth-order valence-electron chi connectivity index (χ4n) is 3.15. The number of anilines is 1. The van der Waals surface area contributed by atoms with Gasteiger partial charge >= 0.3 is 0 Å². The molecule has 1 N–H and O–H groups in total. The van der Waals surface area contributed by atoms with Crippen molar-refractivity contribution >= 4 is 38.3 Å². The van der Waals surface area contributed by atoms with Crippen LogP contribution in [-0.2, 0) is 15.6 Å². The van der Waals surface area contributed by atoms with Crippen molar-refractivity contribution in [3.8, 4) is 0 Å². The van der Waals surface area contributed by atoms with Crippen LogP contribution in [0.25, 0.3) is 10.9 Å². The molecule has 0 unspecified atom stereocenters. The van der Waals surface area contributed by atoms with E-state index in [-0.39, 0.29) is 10.6 Å². The van der Waals surface area contributed by atoms with Crippen LogP contribution in [0.4, 0.5) is 5.95 Å². The Morgan fingerprint density at radius 3 is 2.44 bits per heavy atom. The predicted molar refractivity (Wildman–Crippen MR) is 107 cm³/mol. The zero-order chi connectivity index (χ0) is 18.9. The van der Waals surface area contributed by atoms with Gasteiger partial charge in [-0.1, -0.05) is 29.8 Å². The summed E-state index contributed by atoms with van der Waals surface area (Å²) >= 11 is 5.88. The largest absolute Gasteiger partial charge is 0.338 e. The molecule has 0 radical (unpaired) electrons. The van der Waals surface area contributed by atoms with Crippen LogP contribution in [0.2, 0.25) is 5.02 Å². The first kappa shape index (κ1) is 18.2. The zero-order valence-electron chi connectivity index (χ0n) is 14.6. The maximum Gasteiger partial charge on any atom is 0.226 e. The minimum atomic E-state index is -3.55. The summed E-state index contributed by atoms with van der Waals surface area (Å²) in [5, 5.41) is 4.56. The Balaban J connectivity index is 1.76. The molecule has 4 rings (SSSR count). The van der Waals surface area contributed by atoms with Crippen molar-refractivity contribution in [3.63, 3.8) is 0 Å². The first-order chi connectivity index (χ1) is 13.0. The maximum absolute atomic E-state index is 12.9. The lowest BCUT2D eigenvalue weighted by Gasteiger charge is -2.27. The number of piperazine rings is 1. The molecule has 0 spiro atoms.